The van der Waals surface area contributed by atoms with Crippen LogP contribution in [0, 0.1) is 11.8 Å². The van der Waals surface area contributed by atoms with E-state index in [1.807, 2.05) is 27.7 Å². The fourth-order valence-electron chi connectivity index (χ4n) is 3.13. The van der Waals surface area contributed by atoms with Gasteiger partial charge in [0.1, 0.15) is 0 Å². The summed E-state index contributed by atoms with van der Waals surface area (Å²) in [6.07, 6.45) is 2.76. The van der Waals surface area contributed by atoms with E-state index in [4.69, 9.17) is 4.84 Å². The molecule has 2 aliphatic rings. The second-order valence-corrected chi connectivity index (χ2v) is 9.76. The van der Waals surface area contributed by atoms with Gasteiger partial charge in [0, 0.05) is 49.8 Å². The van der Waals surface area contributed by atoms with Crippen LogP contribution in [0.4, 0.5) is 0 Å². The molecule has 6 amide bonds. The maximum Gasteiger partial charge on any atom is 0.356 e. The number of amides is 6. The zero-order valence-corrected chi connectivity index (χ0v) is 24.4. The molecule has 2 heterocycles. The van der Waals surface area contributed by atoms with Crippen LogP contribution in [0.15, 0.2) is 25.3 Å². The molecule has 14 nitrogen and oxygen atoms in total. The highest BCUT2D eigenvalue weighted by Crippen LogP contribution is 2.18. The molecule has 2 atom stereocenters. The van der Waals surface area contributed by atoms with Crippen molar-refractivity contribution in [2.75, 3.05) is 0 Å². The highest BCUT2D eigenvalue weighted by molar-refractivity contribution is 6.02. The molecule has 2 unspecified atom stereocenters. The summed E-state index contributed by atoms with van der Waals surface area (Å²) in [6, 6.07) is 0.238. The second kappa shape index (κ2) is 18.1. The van der Waals surface area contributed by atoms with Crippen molar-refractivity contribution in [3.05, 3.63) is 25.3 Å². The maximum atomic E-state index is 11.9. The topological polar surface area (TPSA) is 186 Å². The monoisotopic (exact) mass is 580 g/mol. The first-order valence-electron chi connectivity index (χ1n) is 13.0. The van der Waals surface area contributed by atoms with Crippen LogP contribution in [0.25, 0.3) is 0 Å². The summed E-state index contributed by atoms with van der Waals surface area (Å²) in [6.45, 7) is 17.3. The Morgan fingerprint density at radius 1 is 0.707 bits per heavy atom. The molecule has 0 aliphatic carbocycles. The first-order chi connectivity index (χ1) is 19.0. The van der Waals surface area contributed by atoms with E-state index in [-0.39, 0.29) is 61.9 Å². The van der Waals surface area contributed by atoms with E-state index < -0.39 is 41.5 Å². The van der Waals surface area contributed by atoms with Crippen molar-refractivity contribution in [1.82, 2.24) is 20.8 Å². The molecule has 41 heavy (non-hydrogen) atoms. The number of nitrogens with one attached hydrogen (secondary N) is 2. The number of rotatable bonds is 10. The third-order valence-corrected chi connectivity index (χ3v) is 5.15. The van der Waals surface area contributed by atoms with Crippen molar-refractivity contribution >= 4 is 47.4 Å². The number of hydrogen-bond donors (Lipinski definition) is 2. The molecule has 0 saturated carbocycles. The number of hydrogen-bond acceptors (Lipinski definition) is 10. The van der Waals surface area contributed by atoms with E-state index in [9.17, 15) is 38.4 Å². The number of imide groups is 2. The lowest BCUT2D eigenvalue weighted by atomic mass is 9.96. The normalized spacial score (nSPS) is 15.7. The molecular formula is C27H40N4O10. The van der Waals surface area contributed by atoms with Crippen LogP contribution in [0.2, 0.25) is 0 Å². The Balaban J connectivity index is 0.000000670. The Bertz CT molecular complexity index is 1010. The van der Waals surface area contributed by atoms with Crippen LogP contribution in [0.5, 0.6) is 0 Å². The van der Waals surface area contributed by atoms with Crippen LogP contribution < -0.4 is 10.6 Å². The molecule has 0 bridgehead atoms. The van der Waals surface area contributed by atoms with Gasteiger partial charge in [-0.2, -0.15) is 0 Å². The van der Waals surface area contributed by atoms with Crippen LogP contribution in [-0.2, 0) is 48.0 Å². The van der Waals surface area contributed by atoms with Crippen molar-refractivity contribution in [2.45, 2.75) is 85.7 Å². The smallest absolute Gasteiger partial charge is 0.354 e. The molecule has 2 saturated heterocycles. The van der Waals surface area contributed by atoms with Crippen molar-refractivity contribution in [2.24, 2.45) is 11.8 Å². The average molecular weight is 581 g/mol. The molecule has 2 aliphatic heterocycles. The van der Waals surface area contributed by atoms with Crippen LogP contribution in [0.1, 0.15) is 73.6 Å². The average Bonchev–Trinajstić information content (AvgIpc) is 3.38. The van der Waals surface area contributed by atoms with Crippen LogP contribution in [0.3, 0.4) is 0 Å². The van der Waals surface area contributed by atoms with E-state index in [2.05, 4.69) is 28.6 Å². The third kappa shape index (κ3) is 14.0. The Morgan fingerprint density at radius 2 is 1.12 bits per heavy atom. The molecule has 2 fully saturated rings. The van der Waals surface area contributed by atoms with Crippen LogP contribution in [-0.4, -0.2) is 69.6 Å². The van der Waals surface area contributed by atoms with Gasteiger partial charge in [-0.25, -0.2) is 9.59 Å². The standard InChI is InChI=1S/C14H22N2O5.C7H7NO4.C6H11NO/c1-8(2)15-13(19)9(3)7-10(4)14(20)21-16-11(17)5-6-12(16)18;1-2-7(11)12-8-5(9)3-4-6(8)10;1-4-6(8)7-5(2)3/h8-10H,5-7H2,1-4H3,(H,15,19);2H,1,3-4H2;4-5H,1H2,2-3H3,(H,7,8). The first-order valence-corrected chi connectivity index (χ1v) is 13.0. The lowest BCUT2D eigenvalue weighted by Gasteiger charge is -2.19. The number of carbonyl (C=O) groups is 8. The molecule has 2 N–H and O–H groups in total. The summed E-state index contributed by atoms with van der Waals surface area (Å²) in [7, 11) is 0. The lowest BCUT2D eigenvalue weighted by Crippen LogP contribution is -2.37. The van der Waals surface area contributed by atoms with Crippen LogP contribution >= 0.6 is 0 Å². The molecule has 0 radical (unpaired) electrons. The quantitative estimate of drug-likeness (QED) is 0.281. The van der Waals surface area contributed by atoms with Gasteiger partial charge in [-0.05, 0) is 40.2 Å². The third-order valence-electron chi connectivity index (χ3n) is 5.15. The maximum absolute atomic E-state index is 11.9. The van der Waals surface area contributed by atoms with Crippen molar-refractivity contribution in [3.63, 3.8) is 0 Å². The first kappa shape index (κ1) is 36.6. The Kier molecular flexibility index (Phi) is 16.2. The number of carbonyl (C=O) groups excluding carboxylic acids is 8. The van der Waals surface area contributed by atoms with E-state index >= 15 is 0 Å². The summed E-state index contributed by atoms with van der Waals surface area (Å²) in [5, 5.41) is 6.40. The van der Waals surface area contributed by atoms with E-state index in [1.54, 1.807) is 13.8 Å². The van der Waals surface area contributed by atoms with Crippen molar-refractivity contribution in [1.29, 1.82) is 0 Å². The minimum atomic E-state index is -0.807. The zero-order chi connectivity index (χ0) is 31.9. The summed E-state index contributed by atoms with van der Waals surface area (Å²) < 4.78 is 0. The number of hydroxylamine groups is 4. The van der Waals surface area contributed by atoms with Crippen molar-refractivity contribution in [3.8, 4) is 0 Å². The molecule has 0 aromatic rings. The molecule has 0 spiro atoms. The van der Waals surface area contributed by atoms with E-state index in [0.717, 1.165) is 6.08 Å². The number of nitrogens with zero attached hydrogens (tertiary/aromatic N) is 2. The second-order valence-electron chi connectivity index (χ2n) is 9.76. The predicted octanol–water partition coefficient (Wildman–Crippen LogP) is 1.26. The molecule has 0 aromatic heterocycles. The van der Waals surface area contributed by atoms with Gasteiger partial charge in [-0.1, -0.05) is 27.0 Å². The van der Waals surface area contributed by atoms with E-state index in [0.29, 0.717) is 10.1 Å². The minimum absolute atomic E-state index is 0.0297. The van der Waals surface area contributed by atoms with Gasteiger partial charge >= 0.3 is 11.9 Å². The van der Waals surface area contributed by atoms with E-state index in [1.165, 1.54) is 6.08 Å². The molecule has 0 aromatic carbocycles. The fourth-order valence-corrected chi connectivity index (χ4v) is 3.13. The Labute approximate surface area is 239 Å². The summed E-state index contributed by atoms with van der Waals surface area (Å²) >= 11 is 0. The Hall–Kier alpha value is -4.36. The zero-order valence-electron chi connectivity index (χ0n) is 24.4. The van der Waals surface area contributed by atoms with Crippen molar-refractivity contribution < 1.29 is 48.0 Å². The largest absolute Gasteiger partial charge is 0.356 e. The summed E-state index contributed by atoms with van der Waals surface area (Å²) in [5.74, 6) is -4.68. The molecule has 14 heteroatoms. The SMILES string of the molecule is C=CC(=O)NC(C)C.C=CC(=O)ON1C(=O)CCC1=O.CC(C)NC(=O)C(C)CC(C)C(=O)ON1C(=O)CCC1=O. The predicted molar refractivity (Wildman–Crippen MR) is 144 cm³/mol. The molecule has 228 valence electrons. The fraction of sp³-hybridized carbons (Fsp3) is 0.556. The van der Waals surface area contributed by atoms with Gasteiger partial charge in [0.15, 0.2) is 0 Å². The van der Waals surface area contributed by atoms with Gasteiger partial charge in [0.2, 0.25) is 11.8 Å². The van der Waals surface area contributed by atoms with Gasteiger partial charge in [-0.3, -0.25) is 28.8 Å². The minimum Gasteiger partial charge on any atom is -0.354 e. The highest BCUT2D eigenvalue weighted by Gasteiger charge is 2.35. The molecule has 2 rings (SSSR count). The van der Waals surface area contributed by atoms with Gasteiger partial charge in [0.25, 0.3) is 23.6 Å². The van der Waals surface area contributed by atoms with Gasteiger partial charge in [-0.15, -0.1) is 10.1 Å². The molecular weight excluding hydrogens is 540 g/mol. The highest BCUT2D eigenvalue weighted by atomic mass is 16.7. The summed E-state index contributed by atoms with van der Waals surface area (Å²) in [5.41, 5.74) is 0. The van der Waals surface area contributed by atoms with Gasteiger partial charge < -0.3 is 20.3 Å². The van der Waals surface area contributed by atoms with Gasteiger partial charge in [0.05, 0.1) is 5.92 Å². The summed E-state index contributed by atoms with van der Waals surface area (Å²) in [4.78, 5) is 98.2. The Morgan fingerprint density at radius 3 is 1.46 bits per heavy atom. The lowest BCUT2D eigenvalue weighted by molar-refractivity contribution is -0.200.